The number of alkyl halides is 3. The van der Waals surface area contributed by atoms with Crippen LogP contribution in [0.1, 0.15) is 28.9 Å². The van der Waals surface area contributed by atoms with Gasteiger partial charge >= 0.3 is 12.1 Å². The number of ether oxygens (including phenoxy) is 2. The number of benzene rings is 1. The molecular formula is C12H13F3O4. The van der Waals surface area contributed by atoms with Crippen molar-refractivity contribution in [2.75, 3.05) is 13.7 Å². The van der Waals surface area contributed by atoms with Crippen molar-refractivity contribution in [2.45, 2.75) is 19.2 Å². The molecule has 1 atom stereocenters. The van der Waals surface area contributed by atoms with E-state index >= 15 is 0 Å². The summed E-state index contributed by atoms with van der Waals surface area (Å²) < 4.78 is 45.3. The maximum atomic E-state index is 12.1. The summed E-state index contributed by atoms with van der Waals surface area (Å²) in [7, 11) is 1.10. The van der Waals surface area contributed by atoms with Gasteiger partial charge < -0.3 is 14.6 Å². The van der Waals surface area contributed by atoms with Crippen molar-refractivity contribution in [3.8, 4) is 5.75 Å². The Balaban J connectivity index is 3.06. The van der Waals surface area contributed by atoms with Gasteiger partial charge in [0, 0.05) is 0 Å². The predicted molar refractivity (Wildman–Crippen MR) is 60.0 cm³/mol. The van der Waals surface area contributed by atoms with E-state index in [2.05, 4.69) is 9.47 Å². The average Bonchev–Trinajstić information content (AvgIpc) is 2.34. The Hall–Kier alpha value is -1.76. The number of hydrogen-bond donors (Lipinski definition) is 1. The molecule has 1 aromatic rings. The van der Waals surface area contributed by atoms with Gasteiger partial charge in [-0.3, -0.25) is 0 Å². The van der Waals surface area contributed by atoms with Crippen LogP contribution in [0.15, 0.2) is 18.2 Å². The fraction of sp³-hybridized carbons (Fsp3) is 0.417. The summed E-state index contributed by atoms with van der Waals surface area (Å²) in [6.45, 7) is -0.0440. The van der Waals surface area contributed by atoms with Crippen molar-refractivity contribution >= 4 is 5.97 Å². The van der Waals surface area contributed by atoms with Crippen LogP contribution in [-0.4, -0.2) is 31.0 Å². The maximum Gasteiger partial charge on any atom is 0.422 e. The SMILES string of the molecule is COC(=O)c1cc(C(C)O)ccc1OCC(F)(F)F. The number of esters is 1. The molecule has 4 nitrogen and oxygen atoms in total. The zero-order valence-corrected chi connectivity index (χ0v) is 10.3. The van der Waals surface area contributed by atoms with E-state index in [1.54, 1.807) is 0 Å². The Labute approximate surface area is 107 Å². The van der Waals surface area contributed by atoms with Crippen molar-refractivity contribution in [1.29, 1.82) is 0 Å². The molecule has 0 heterocycles. The van der Waals surface area contributed by atoms with Crippen molar-refractivity contribution in [2.24, 2.45) is 0 Å². The molecule has 0 saturated carbocycles. The maximum absolute atomic E-state index is 12.1. The van der Waals surface area contributed by atoms with Gasteiger partial charge in [-0.2, -0.15) is 13.2 Å². The highest BCUT2D eigenvalue weighted by Gasteiger charge is 2.29. The second-order valence-corrected chi connectivity index (χ2v) is 3.83. The highest BCUT2D eigenvalue weighted by molar-refractivity contribution is 5.92. The molecule has 0 saturated heterocycles. The Kier molecular flexibility index (Phi) is 4.77. The van der Waals surface area contributed by atoms with E-state index in [0.29, 0.717) is 5.56 Å². The summed E-state index contributed by atoms with van der Waals surface area (Å²) in [6, 6.07) is 3.81. The van der Waals surface area contributed by atoms with Crippen molar-refractivity contribution < 1.29 is 32.5 Å². The number of rotatable bonds is 4. The Morgan fingerprint density at radius 3 is 2.53 bits per heavy atom. The lowest BCUT2D eigenvalue weighted by molar-refractivity contribution is -0.153. The van der Waals surface area contributed by atoms with Crippen LogP contribution in [0, 0.1) is 0 Å². The molecule has 0 spiro atoms. The smallest absolute Gasteiger partial charge is 0.422 e. The van der Waals surface area contributed by atoms with Crippen LogP contribution in [0.5, 0.6) is 5.75 Å². The van der Waals surface area contributed by atoms with Crippen LogP contribution < -0.4 is 4.74 Å². The van der Waals surface area contributed by atoms with E-state index in [4.69, 9.17) is 0 Å². The first-order valence-corrected chi connectivity index (χ1v) is 5.34. The number of aliphatic hydroxyl groups is 1. The lowest BCUT2D eigenvalue weighted by Crippen LogP contribution is -2.20. The molecule has 1 unspecified atom stereocenters. The van der Waals surface area contributed by atoms with Gasteiger partial charge in [-0.15, -0.1) is 0 Å². The molecule has 0 aliphatic heterocycles. The van der Waals surface area contributed by atoms with Gasteiger partial charge in [-0.1, -0.05) is 6.07 Å². The zero-order valence-electron chi connectivity index (χ0n) is 10.3. The van der Waals surface area contributed by atoms with E-state index in [9.17, 15) is 23.1 Å². The molecule has 0 amide bonds. The summed E-state index contributed by atoms with van der Waals surface area (Å²) in [6.07, 6.45) is -5.36. The molecule has 0 aliphatic carbocycles. The molecule has 0 aromatic heterocycles. The molecule has 0 radical (unpaired) electrons. The monoisotopic (exact) mass is 278 g/mol. The van der Waals surface area contributed by atoms with Crippen molar-refractivity contribution in [3.63, 3.8) is 0 Å². The summed E-state index contributed by atoms with van der Waals surface area (Å²) >= 11 is 0. The Bertz CT molecular complexity index is 455. The summed E-state index contributed by atoms with van der Waals surface area (Å²) in [5.74, 6) is -1.08. The number of carbonyl (C=O) groups is 1. The molecular weight excluding hydrogens is 265 g/mol. The van der Waals surface area contributed by atoms with Crippen LogP contribution in [0.3, 0.4) is 0 Å². The van der Waals surface area contributed by atoms with Gasteiger partial charge in [-0.25, -0.2) is 4.79 Å². The van der Waals surface area contributed by atoms with Gasteiger partial charge in [0.1, 0.15) is 11.3 Å². The summed E-state index contributed by atoms with van der Waals surface area (Å²) in [4.78, 5) is 11.5. The van der Waals surface area contributed by atoms with E-state index < -0.39 is 24.9 Å². The van der Waals surface area contributed by atoms with E-state index in [1.807, 2.05) is 0 Å². The van der Waals surface area contributed by atoms with Crippen molar-refractivity contribution in [3.05, 3.63) is 29.3 Å². The van der Waals surface area contributed by atoms with E-state index in [1.165, 1.54) is 25.1 Å². The fourth-order valence-electron chi connectivity index (χ4n) is 1.36. The molecule has 1 rings (SSSR count). The largest absolute Gasteiger partial charge is 0.483 e. The molecule has 0 fully saturated rings. The first kappa shape index (κ1) is 15.3. The first-order chi connectivity index (χ1) is 8.74. The van der Waals surface area contributed by atoms with Gasteiger partial charge in [0.15, 0.2) is 6.61 Å². The molecule has 19 heavy (non-hydrogen) atoms. The minimum Gasteiger partial charge on any atom is -0.483 e. The summed E-state index contributed by atoms with van der Waals surface area (Å²) in [5.41, 5.74) is 0.213. The zero-order chi connectivity index (χ0) is 14.6. The van der Waals surface area contributed by atoms with Crippen LogP contribution in [-0.2, 0) is 4.74 Å². The Morgan fingerprint density at radius 1 is 1.42 bits per heavy atom. The third-order valence-electron chi connectivity index (χ3n) is 2.28. The molecule has 7 heteroatoms. The normalized spacial score (nSPS) is 12.9. The van der Waals surface area contributed by atoms with E-state index in [0.717, 1.165) is 7.11 Å². The van der Waals surface area contributed by atoms with Crippen LogP contribution in [0.2, 0.25) is 0 Å². The minimum atomic E-state index is -4.50. The molecule has 0 bridgehead atoms. The van der Waals surface area contributed by atoms with Gasteiger partial charge in [0.25, 0.3) is 0 Å². The molecule has 0 aliphatic rings. The van der Waals surface area contributed by atoms with Gasteiger partial charge in [0.05, 0.1) is 13.2 Å². The van der Waals surface area contributed by atoms with Crippen LogP contribution >= 0.6 is 0 Å². The first-order valence-electron chi connectivity index (χ1n) is 5.34. The molecule has 106 valence electrons. The highest BCUT2D eigenvalue weighted by atomic mass is 19.4. The summed E-state index contributed by atoms with van der Waals surface area (Å²) in [5, 5.41) is 9.38. The molecule has 1 aromatic carbocycles. The lowest BCUT2D eigenvalue weighted by atomic mass is 10.1. The van der Waals surface area contributed by atoms with Gasteiger partial charge in [-0.05, 0) is 24.6 Å². The number of hydrogen-bond acceptors (Lipinski definition) is 4. The van der Waals surface area contributed by atoms with Crippen molar-refractivity contribution in [1.82, 2.24) is 0 Å². The number of halogens is 3. The fourth-order valence-corrected chi connectivity index (χ4v) is 1.36. The standard InChI is InChI=1S/C12H13F3O4/c1-7(16)8-3-4-10(19-6-12(13,14)15)9(5-8)11(17)18-2/h3-5,7,16H,6H2,1-2H3. The van der Waals surface area contributed by atoms with Crippen LogP contribution in [0.4, 0.5) is 13.2 Å². The molecule has 1 N–H and O–H groups in total. The highest BCUT2D eigenvalue weighted by Crippen LogP contribution is 2.26. The van der Waals surface area contributed by atoms with Crippen LogP contribution in [0.25, 0.3) is 0 Å². The third kappa shape index (κ3) is 4.44. The number of aliphatic hydroxyl groups excluding tert-OH is 1. The third-order valence-corrected chi connectivity index (χ3v) is 2.28. The average molecular weight is 278 g/mol. The lowest BCUT2D eigenvalue weighted by Gasteiger charge is -2.14. The Morgan fingerprint density at radius 2 is 2.05 bits per heavy atom. The second kappa shape index (κ2) is 5.92. The van der Waals surface area contributed by atoms with Gasteiger partial charge in [0.2, 0.25) is 0 Å². The number of carbonyl (C=O) groups excluding carboxylic acids is 1. The minimum absolute atomic E-state index is 0.162. The topological polar surface area (TPSA) is 55.8 Å². The quantitative estimate of drug-likeness (QED) is 0.860. The second-order valence-electron chi connectivity index (χ2n) is 3.83. The number of methoxy groups -OCH3 is 1. The predicted octanol–water partition coefficient (Wildman–Crippen LogP) is 2.47. The van der Waals surface area contributed by atoms with E-state index in [-0.39, 0.29) is 11.3 Å².